The van der Waals surface area contributed by atoms with E-state index in [-0.39, 0.29) is 12.4 Å². The van der Waals surface area contributed by atoms with E-state index in [0.717, 1.165) is 40.6 Å². The number of carbonyl (C=O) groups excluding carboxylic acids is 2. The van der Waals surface area contributed by atoms with Gasteiger partial charge in [0.15, 0.2) is 12.4 Å². The number of allylic oxidation sites excluding steroid dienone is 1. The number of esters is 1. The Balaban J connectivity index is 1.80. The van der Waals surface area contributed by atoms with Crippen LogP contribution in [-0.2, 0) is 16.0 Å². The van der Waals surface area contributed by atoms with Gasteiger partial charge in [-0.15, -0.1) is 0 Å². The number of aromatic nitrogens is 1. The van der Waals surface area contributed by atoms with Gasteiger partial charge >= 0.3 is 5.97 Å². The Hall–Kier alpha value is -2.69. The maximum atomic E-state index is 13.3. The summed E-state index contributed by atoms with van der Waals surface area (Å²) in [4.78, 5) is 30.5. The van der Waals surface area contributed by atoms with Gasteiger partial charge < -0.3 is 4.74 Å². The van der Waals surface area contributed by atoms with E-state index in [1.807, 2.05) is 63.2 Å². The Morgan fingerprint density at radius 2 is 1.82 bits per heavy atom. The van der Waals surface area contributed by atoms with Crippen LogP contribution in [0.15, 0.2) is 42.5 Å². The number of ether oxygens (including phenoxy) is 1. The summed E-state index contributed by atoms with van der Waals surface area (Å²) in [6.07, 6.45) is 4.46. The first-order valence-corrected chi connectivity index (χ1v) is 11.7. The molecule has 33 heavy (non-hydrogen) atoms. The molecule has 0 N–H and O–H groups in total. The van der Waals surface area contributed by atoms with Crippen LogP contribution in [0.5, 0.6) is 0 Å². The molecule has 1 aliphatic rings. The van der Waals surface area contributed by atoms with Gasteiger partial charge in [-0.1, -0.05) is 68.2 Å². The van der Waals surface area contributed by atoms with Crippen LogP contribution in [-0.4, -0.2) is 23.3 Å². The lowest BCUT2D eigenvalue weighted by Crippen LogP contribution is -2.27. The van der Waals surface area contributed by atoms with Crippen molar-refractivity contribution in [2.45, 2.75) is 40.0 Å². The summed E-state index contributed by atoms with van der Waals surface area (Å²) >= 11 is 12.3. The van der Waals surface area contributed by atoms with Gasteiger partial charge in [0.2, 0.25) is 0 Å². The summed E-state index contributed by atoms with van der Waals surface area (Å²) in [6, 6.07) is 13.0. The van der Waals surface area contributed by atoms with Crippen molar-refractivity contribution < 1.29 is 14.3 Å². The molecule has 0 aliphatic heterocycles. The molecule has 0 spiro atoms. The largest absolute Gasteiger partial charge is 0.454 e. The Morgan fingerprint density at radius 1 is 1.06 bits per heavy atom. The molecule has 0 bridgehead atoms. The molecular formula is C27H25Cl2NO3. The summed E-state index contributed by atoms with van der Waals surface area (Å²) in [6.45, 7) is 5.19. The van der Waals surface area contributed by atoms with E-state index in [2.05, 4.69) is 0 Å². The number of ketones is 1. The van der Waals surface area contributed by atoms with E-state index in [0.29, 0.717) is 27.5 Å². The molecule has 2 aromatic carbocycles. The van der Waals surface area contributed by atoms with E-state index in [1.165, 1.54) is 0 Å². The molecule has 0 atom stereocenters. The third-order valence-corrected chi connectivity index (χ3v) is 6.57. The highest BCUT2D eigenvalue weighted by Crippen LogP contribution is 2.37. The minimum atomic E-state index is -0.574. The van der Waals surface area contributed by atoms with Crippen LogP contribution in [0.1, 0.15) is 60.8 Å². The molecule has 6 heteroatoms. The van der Waals surface area contributed by atoms with Gasteiger partial charge in [-0.25, -0.2) is 9.78 Å². The topological polar surface area (TPSA) is 56.3 Å². The fourth-order valence-corrected chi connectivity index (χ4v) is 4.24. The molecule has 4 rings (SSSR count). The molecule has 0 saturated heterocycles. The van der Waals surface area contributed by atoms with Crippen molar-refractivity contribution >= 4 is 57.5 Å². The zero-order valence-electron chi connectivity index (χ0n) is 18.9. The Labute approximate surface area is 203 Å². The fourth-order valence-electron chi connectivity index (χ4n) is 3.93. The minimum absolute atomic E-state index is 0.122. The predicted molar refractivity (Wildman–Crippen MR) is 134 cm³/mol. The van der Waals surface area contributed by atoms with Crippen molar-refractivity contribution in [1.82, 2.24) is 4.98 Å². The number of pyridine rings is 1. The first-order chi connectivity index (χ1) is 15.6. The average molecular weight is 482 g/mol. The minimum Gasteiger partial charge on any atom is -0.454 e. The molecule has 0 radical (unpaired) electrons. The van der Waals surface area contributed by atoms with Crippen molar-refractivity contribution in [2.75, 3.05) is 6.61 Å². The van der Waals surface area contributed by atoms with E-state index < -0.39 is 11.4 Å². The molecule has 4 nitrogen and oxygen atoms in total. The second-order valence-corrected chi connectivity index (χ2v) is 10.1. The number of benzene rings is 2. The van der Waals surface area contributed by atoms with Crippen LogP contribution < -0.4 is 0 Å². The standard InChI is InChI=1S/C27H25Cl2NO3/c1-27(2,3)23(31)15-33-26(32)24-18-8-4-5-10-22(18)30-25-17(7-6-9-19(24)25)13-16-11-12-20(28)21(29)14-16/h4-5,8,10-14H,6-7,9,15H2,1-3H3. The molecule has 0 amide bonds. The number of rotatable bonds is 4. The quantitative estimate of drug-likeness (QED) is 0.370. The third kappa shape index (κ3) is 4.97. The zero-order chi connectivity index (χ0) is 23.8. The first kappa shape index (κ1) is 23.5. The molecule has 1 heterocycles. The highest BCUT2D eigenvalue weighted by atomic mass is 35.5. The van der Waals surface area contributed by atoms with Crippen molar-refractivity contribution in [2.24, 2.45) is 5.41 Å². The lowest BCUT2D eigenvalue weighted by atomic mass is 9.86. The van der Waals surface area contributed by atoms with Gasteiger partial charge in [0.1, 0.15) is 0 Å². The molecule has 3 aromatic rings. The molecule has 0 fully saturated rings. The second kappa shape index (κ2) is 9.28. The summed E-state index contributed by atoms with van der Waals surface area (Å²) in [5.41, 5.74) is 4.24. The van der Waals surface area contributed by atoms with Gasteiger partial charge in [0, 0.05) is 10.8 Å². The van der Waals surface area contributed by atoms with Crippen LogP contribution >= 0.6 is 23.2 Å². The molecular weight excluding hydrogens is 457 g/mol. The van der Waals surface area contributed by atoms with Gasteiger partial charge in [-0.05, 0) is 60.2 Å². The summed E-state index contributed by atoms with van der Waals surface area (Å²) in [7, 11) is 0. The fraction of sp³-hybridized carbons (Fsp3) is 0.296. The summed E-state index contributed by atoms with van der Waals surface area (Å²) in [5.74, 6) is -0.610. The lowest BCUT2D eigenvalue weighted by Gasteiger charge is -2.23. The van der Waals surface area contributed by atoms with Gasteiger partial charge in [0.05, 0.1) is 26.8 Å². The van der Waals surface area contributed by atoms with E-state index >= 15 is 0 Å². The number of carbonyl (C=O) groups is 2. The van der Waals surface area contributed by atoms with Crippen molar-refractivity contribution in [3.63, 3.8) is 0 Å². The monoisotopic (exact) mass is 481 g/mol. The maximum absolute atomic E-state index is 13.3. The Bertz CT molecular complexity index is 1290. The number of para-hydroxylation sites is 1. The molecule has 0 unspecified atom stereocenters. The van der Waals surface area contributed by atoms with Crippen LogP contribution in [0.4, 0.5) is 0 Å². The van der Waals surface area contributed by atoms with Crippen LogP contribution in [0, 0.1) is 5.41 Å². The number of hydrogen-bond acceptors (Lipinski definition) is 4. The predicted octanol–water partition coefficient (Wildman–Crippen LogP) is 7.19. The number of nitrogens with zero attached hydrogens (tertiary/aromatic N) is 1. The summed E-state index contributed by atoms with van der Waals surface area (Å²) < 4.78 is 5.51. The van der Waals surface area contributed by atoms with Crippen LogP contribution in [0.25, 0.3) is 22.6 Å². The smallest absolute Gasteiger partial charge is 0.339 e. The lowest BCUT2D eigenvalue weighted by molar-refractivity contribution is -0.129. The molecule has 1 aromatic heterocycles. The summed E-state index contributed by atoms with van der Waals surface area (Å²) in [5, 5.41) is 1.73. The highest BCUT2D eigenvalue weighted by Gasteiger charge is 2.28. The van der Waals surface area contributed by atoms with Crippen LogP contribution in [0.2, 0.25) is 10.0 Å². The maximum Gasteiger partial charge on any atom is 0.339 e. The number of hydrogen-bond donors (Lipinski definition) is 0. The second-order valence-electron chi connectivity index (χ2n) is 9.28. The van der Waals surface area contributed by atoms with Gasteiger partial charge in [0.25, 0.3) is 0 Å². The van der Waals surface area contributed by atoms with E-state index in [1.54, 1.807) is 6.07 Å². The van der Waals surface area contributed by atoms with E-state index in [9.17, 15) is 9.59 Å². The van der Waals surface area contributed by atoms with E-state index in [4.69, 9.17) is 32.9 Å². The Kier molecular flexibility index (Phi) is 6.60. The number of fused-ring (bicyclic) bond motifs is 2. The Morgan fingerprint density at radius 3 is 2.55 bits per heavy atom. The van der Waals surface area contributed by atoms with Crippen LogP contribution in [0.3, 0.4) is 0 Å². The van der Waals surface area contributed by atoms with Crippen molar-refractivity contribution in [1.29, 1.82) is 0 Å². The molecule has 170 valence electrons. The molecule has 0 saturated carbocycles. The average Bonchev–Trinajstić information content (AvgIpc) is 2.77. The zero-order valence-corrected chi connectivity index (χ0v) is 20.4. The van der Waals surface area contributed by atoms with Crippen molar-refractivity contribution in [3.05, 3.63) is 74.9 Å². The van der Waals surface area contributed by atoms with Gasteiger partial charge in [-0.2, -0.15) is 0 Å². The first-order valence-electron chi connectivity index (χ1n) is 10.9. The van der Waals surface area contributed by atoms with Gasteiger partial charge in [-0.3, -0.25) is 4.79 Å². The molecule has 1 aliphatic carbocycles. The number of halogens is 2. The number of Topliss-reactive ketones (excluding diaryl/α,β-unsaturated/α-hetero) is 1. The highest BCUT2D eigenvalue weighted by molar-refractivity contribution is 6.42. The normalized spacial score (nSPS) is 14.9. The van der Waals surface area contributed by atoms with Crippen molar-refractivity contribution in [3.8, 4) is 0 Å². The SMILES string of the molecule is CC(C)(C)C(=O)COC(=O)c1c2c(nc3ccccc13)C(=Cc1ccc(Cl)c(Cl)c1)CCC2. The third-order valence-electron chi connectivity index (χ3n) is 5.83.